The van der Waals surface area contributed by atoms with Gasteiger partial charge < -0.3 is 14.3 Å². The number of halogens is 6. The minimum absolute atomic E-state index is 0.227. The number of rotatable bonds is 7. The number of carbonyl (C=O) groups excluding carboxylic acids is 1. The first kappa shape index (κ1) is 26.1. The van der Waals surface area contributed by atoms with Crippen molar-refractivity contribution in [2.45, 2.75) is 31.6 Å². The molecule has 0 amide bonds. The minimum Gasteiger partial charge on any atom is -0.453 e. The largest absolute Gasteiger partial charge is 0.458 e. The number of aromatic amines is 1. The Hall–Kier alpha value is -3.47. The van der Waals surface area contributed by atoms with Gasteiger partial charge in [0.15, 0.2) is 5.76 Å². The van der Waals surface area contributed by atoms with E-state index in [0.29, 0.717) is 22.7 Å². The van der Waals surface area contributed by atoms with Crippen molar-refractivity contribution in [3.05, 3.63) is 65.5 Å². The number of carbonyl (C=O) groups is 1. The number of fused-ring (bicyclic) bond motifs is 2. The second kappa shape index (κ2) is 10.0. The van der Waals surface area contributed by atoms with E-state index in [-0.39, 0.29) is 5.58 Å². The molecule has 0 spiro atoms. The SMILES string of the molecule is O=C(c1cc2cc(N3CCN(CCCCc4c[nH]c5ccc(C(F)(F)F)cc45)CC3)ccc2o1)C(F)(F)F. The second-order valence-electron chi connectivity index (χ2n) is 9.52. The molecule has 1 fully saturated rings. The van der Waals surface area contributed by atoms with Crippen LogP contribution in [0.2, 0.25) is 0 Å². The third-order valence-electron chi connectivity index (χ3n) is 6.98. The topological polar surface area (TPSA) is 52.5 Å². The van der Waals surface area contributed by atoms with Crippen LogP contribution in [0.25, 0.3) is 21.9 Å². The van der Waals surface area contributed by atoms with E-state index in [0.717, 1.165) is 68.9 Å². The van der Waals surface area contributed by atoms with Gasteiger partial charge >= 0.3 is 18.1 Å². The third kappa shape index (κ3) is 5.52. The average molecular weight is 538 g/mol. The van der Waals surface area contributed by atoms with Gasteiger partial charge in [-0.25, -0.2) is 0 Å². The van der Waals surface area contributed by atoms with Gasteiger partial charge in [0.2, 0.25) is 0 Å². The molecule has 2 aromatic heterocycles. The number of nitrogens with zero attached hydrogens (tertiary/aromatic N) is 2. The lowest BCUT2D eigenvalue weighted by Crippen LogP contribution is -2.46. The van der Waals surface area contributed by atoms with Crippen molar-refractivity contribution in [2.24, 2.45) is 0 Å². The summed E-state index contributed by atoms with van der Waals surface area (Å²) in [6, 6.07) is 9.96. The quantitative estimate of drug-likeness (QED) is 0.160. The van der Waals surface area contributed by atoms with Crippen LogP contribution in [0.1, 0.15) is 34.5 Å². The summed E-state index contributed by atoms with van der Waals surface area (Å²) < 4.78 is 82.4. The first-order chi connectivity index (χ1) is 18.0. The lowest BCUT2D eigenvalue weighted by molar-refractivity contribution is -0.137. The van der Waals surface area contributed by atoms with Crippen LogP contribution in [-0.4, -0.2) is 54.6 Å². The number of aromatic nitrogens is 1. The Balaban J connectivity index is 1.12. The van der Waals surface area contributed by atoms with Gasteiger partial charge in [0.25, 0.3) is 0 Å². The van der Waals surface area contributed by atoms with E-state index in [1.165, 1.54) is 12.1 Å². The highest BCUT2D eigenvalue weighted by molar-refractivity contribution is 6.01. The third-order valence-corrected chi connectivity index (χ3v) is 6.98. The molecule has 0 aliphatic carbocycles. The van der Waals surface area contributed by atoms with E-state index in [4.69, 9.17) is 4.42 Å². The Morgan fingerprint density at radius 1 is 0.921 bits per heavy atom. The van der Waals surface area contributed by atoms with Crippen molar-refractivity contribution < 1.29 is 35.6 Å². The number of hydrogen-bond acceptors (Lipinski definition) is 4. The Morgan fingerprint density at radius 2 is 1.68 bits per heavy atom. The molecule has 5 rings (SSSR count). The maximum Gasteiger partial charge on any atom is 0.458 e. The Kier molecular flexibility index (Phi) is 6.89. The highest BCUT2D eigenvalue weighted by Gasteiger charge is 2.41. The van der Waals surface area contributed by atoms with E-state index in [1.54, 1.807) is 24.4 Å². The van der Waals surface area contributed by atoms with E-state index in [2.05, 4.69) is 14.8 Å². The summed E-state index contributed by atoms with van der Waals surface area (Å²) in [5.41, 5.74) is 2.00. The number of benzene rings is 2. The highest BCUT2D eigenvalue weighted by Crippen LogP contribution is 2.33. The minimum atomic E-state index is -4.99. The smallest absolute Gasteiger partial charge is 0.453 e. The number of anilines is 1. The number of hydrogen-bond donors (Lipinski definition) is 1. The second-order valence-corrected chi connectivity index (χ2v) is 9.52. The molecule has 4 aromatic rings. The number of unbranched alkanes of at least 4 members (excludes halogenated alkanes) is 1. The van der Waals surface area contributed by atoms with Crippen LogP contribution in [0, 0.1) is 0 Å². The van der Waals surface area contributed by atoms with E-state index >= 15 is 0 Å². The predicted octanol–water partition coefficient (Wildman–Crippen LogP) is 6.82. The zero-order valence-electron chi connectivity index (χ0n) is 20.3. The molecule has 5 nitrogen and oxygen atoms in total. The molecule has 1 saturated heterocycles. The normalized spacial score (nSPS) is 15.6. The summed E-state index contributed by atoms with van der Waals surface area (Å²) in [6.45, 7) is 3.96. The molecular formula is C27H25F6N3O2. The fraction of sp³-hybridized carbons (Fsp3) is 0.370. The van der Waals surface area contributed by atoms with Gasteiger partial charge in [0.1, 0.15) is 5.58 Å². The summed E-state index contributed by atoms with van der Waals surface area (Å²) in [5, 5.41) is 1.05. The van der Waals surface area contributed by atoms with E-state index < -0.39 is 29.5 Å². The summed E-state index contributed by atoms with van der Waals surface area (Å²) in [5.74, 6) is -2.72. The molecule has 0 unspecified atom stereocenters. The van der Waals surface area contributed by atoms with Gasteiger partial charge in [0.05, 0.1) is 5.56 Å². The van der Waals surface area contributed by atoms with Crippen molar-refractivity contribution in [3.63, 3.8) is 0 Å². The summed E-state index contributed by atoms with van der Waals surface area (Å²) in [6.07, 6.45) is -5.14. The molecule has 0 radical (unpaired) electrons. The van der Waals surface area contributed by atoms with Crippen LogP contribution < -0.4 is 4.90 Å². The van der Waals surface area contributed by atoms with E-state index in [1.807, 2.05) is 0 Å². The molecule has 0 bridgehead atoms. The lowest BCUT2D eigenvalue weighted by Gasteiger charge is -2.36. The summed E-state index contributed by atoms with van der Waals surface area (Å²) in [7, 11) is 0. The Morgan fingerprint density at radius 3 is 2.39 bits per heavy atom. The number of alkyl halides is 6. The molecule has 1 N–H and O–H groups in total. The number of H-pyrrole nitrogens is 1. The Labute approximate surface area is 214 Å². The van der Waals surface area contributed by atoms with Crippen molar-refractivity contribution in [1.29, 1.82) is 0 Å². The molecule has 202 valence electrons. The van der Waals surface area contributed by atoms with Crippen LogP contribution in [0.15, 0.2) is 53.1 Å². The molecule has 2 aromatic carbocycles. The standard InChI is InChI=1S/C27H25F6N3O2/c28-26(29,30)19-4-6-22-21(15-19)17(16-34-22)3-1-2-8-35-9-11-36(12-10-35)20-5-7-23-18(13-20)14-24(38-23)25(37)27(31,32)33/h4-7,13-16,34H,1-3,8-12H2. The van der Waals surface area contributed by atoms with Crippen LogP contribution in [0.5, 0.6) is 0 Å². The van der Waals surface area contributed by atoms with Crippen molar-refractivity contribution in [3.8, 4) is 0 Å². The van der Waals surface area contributed by atoms with Gasteiger partial charge in [-0.3, -0.25) is 9.69 Å². The fourth-order valence-corrected chi connectivity index (χ4v) is 4.92. The molecule has 3 heterocycles. The zero-order chi connectivity index (χ0) is 27.1. The first-order valence-corrected chi connectivity index (χ1v) is 12.3. The van der Waals surface area contributed by atoms with Gasteiger partial charge in [-0.15, -0.1) is 0 Å². The molecule has 1 aliphatic rings. The summed E-state index contributed by atoms with van der Waals surface area (Å²) >= 11 is 0. The van der Waals surface area contributed by atoms with Crippen LogP contribution in [0.3, 0.4) is 0 Å². The van der Waals surface area contributed by atoms with Crippen LogP contribution in [0.4, 0.5) is 32.0 Å². The highest BCUT2D eigenvalue weighted by atomic mass is 19.4. The molecule has 0 saturated carbocycles. The summed E-state index contributed by atoms with van der Waals surface area (Å²) in [4.78, 5) is 19.0. The zero-order valence-corrected chi connectivity index (χ0v) is 20.3. The number of piperazine rings is 1. The van der Waals surface area contributed by atoms with Gasteiger partial charge in [0, 0.05) is 54.4 Å². The molecule has 11 heteroatoms. The maximum atomic E-state index is 13.1. The van der Waals surface area contributed by atoms with Gasteiger partial charge in [-0.05, 0) is 73.8 Å². The van der Waals surface area contributed by atoms with Crippen LogP contribution in [-0.2, 0) is 12.6 Å². The average Bonchev–Trinajstić information content (AvgIpc) is 3.48. The Bertz CT molecular complexity index is 1440. The predicted molar refractivity (Wildman–Crippen MR) is 131 cm³/mol. The lowest BCUT2D eigenvalue weighted by atomic mass is 10.0. The van der Waals surface area contributed by atoms with E-state index in [9.17, 15) is 31.1 Å². The number of Topliss-reactive ketones (excluding diaryl/α,β-unsaturated/α-hetero) is 1. The number of furan rings is 1. The fourth-order valence-electron chi connectivity index (χ4n) is 4.92. The first-order valence-electron chi connectivity index (χ1n) is 12.3. The molecule has 1 aliphatic heterocycles. The molecule has 38 heavy (non-hydrogen) atoms. The van der Waals surface area contributed by atoms with Crippen molar-refractivity contribution in [1.82, 2.24) is 9.88 Å². The number of aryl methyl sites for hydroxylation is 1. The van der Waals surface area contributed by atoms with Crippen LogP contribution >= 0.6 is 0 Å². The van der Waals surface area contributed by atoms with Crippen molar-refractivity contribution in [2.75, 3.05) is 37.6 Å². The molecular weight excluding hydrogens is 512 g/mol. The number of nitrogens with one attached hydrogen (secondary N) is 1. The molecule has 0 atom stereocenters. The maximum absolute atomic E-state index is 13.1. The van der Waals surface area contributed by atoms with Gasteiger partial charge in [-0.2, -0.15) is 26.3 Å². The van der Waals surface area contributed by atoms with Crippen molar-refractivity contribution >= 4 is 33.3 Å². The number of ketones is 1. The van der Waals surface area contributed by atoms with Gasteiger partial charge in [-0.1, -0.05) is 0 Å². The monoisotopic (exact) mass is 537 g/mol.